The Morgan fingerprint density at radius 1 is 0.973 bits per heavy atom. The number of carbonyl (C=O) groups excluding carboxylic acids is 1. The number of nitrogens with zero attached hydrogens (tertiary/aromatic N) is 7. The van der Waals surface area contributed by atoms with Crippen molar-refractivity contribution in [3.8, 4) is 12.1 Å². The maximum atomic E-state index is 12.6. The van der Waals surface area contributed by atoms with Crippen molar-refractivity contribution in [1.82, 2.24) is 15.0 Å². The van der Waals surface area contributed by atoms with Crippen LogP contribution in [0.25, 0.3) is 6.08 Å². The van der Waals surface area contributed by atoms with Gasteiger partial charge < -0.3 is 15.5 Å². The second-order valence-electron chi connectivity index (χ2n) is 9.67. The molecular formula is C28H24N8O. The van der Waals surface area contributed by atoms with E-state index < -0.39 is 5.91 Å². The van der Waals surface area contributed by atoms with Gasteiger partial charge in [0.15, 0.2) is 0 Å². The van der Waals surface area contributed by atoms with Crippen molar-refractivity contribution in [2.24, 2.45) is 5.73 Å². The van der Waals surface area contributed by atoms with Crippen molar-refractivity contribution in [3.63, 3.8) is 0 Å². The molecule has 3 aromatic rings. The molecule has 2 saturated heterocycles. The summed E-state index contributed by atoms with van der Waals surface area (Å²) in [5, 5.41) is 18.5. The van der Waals surface area contributed by atoms with Gasteiger partial charge in [-0.1, -0.05) is 12.2 Å². The Kier molecular flexibility index (Phi) is 5.54. The molecule has 37 heavy (non-hydrogen) atoms. The summed E-state index contributed by atoms with van der Waals surface area (Å²) in [7, 11) is 0. The van der Waals surface area contributed by atoms with E-state index in [1.807, 2.05) is 30.4 Å². The number of piperidine rings is 1. The lowest BCUT2D eigenvalue weighted by Crippen LogP contribution is -2.50. The average molecular weight is 489 g/mol. The summed E-state index contributed by atoms with van der Waals surface area (Å²) in [4.78, 5) is 30.8. The number of nitrogens with two attached hydrogens (primary N) is 1. The Hall–Kier alpha value is -4.76. The standard InChI is InChI=1S/C28H24N8O/c29-12-17-4-8-25(33-14-17)35-19-6-7-20(35)11-21(10-19)36(26-9-5-18(13-30)15-34-26)27-22-2-1-3-24(22)32-16-23(27)28(31)37/h1-2,4-5,8-9,14-16,19-21H,3,6-7,10-11H2,(H2,31,37)/t19-,20+,21?. The van der Waals surface area contributed by atoms with E-state index in [0.29, 0.717) is 28.9 Å². The molecule has 5 heterocycles. The number of fused-ring (bicyclic) bond motifs is 3. The first-order valence-electron chi connectivity index (χ1n) is 12.4. The number of pyridine rings is 3. The molecule has 0 saturated carbocycles. The fraction of sp³-hybridized carbons (Fsp3) is 0.286. The number of amides is 1. The summed E-state index contributed by atoms with van der Waals surface area (Å²) in [6.45, 7) is 0. The Morgan fingerprint density at radius 2 is 1.68 bits per heavy atom. The van der Waals surface area contributed by atoms with Gasteiger partial charge >= 0.3 is 0 Å². The number of rotatable bonds is 5. The van der Waals surface area contributed by atoms with Gasteiger partial charge in [-0.2, -0.15) is 10.5 Å². The van der Waals surface area contributed by atoms with Crippen molar-refractivity contribution < 1.29 is 4.79 Å². The molecule has 182 valence electrons. The molecule has 6 rings (SSSR count). The molecular weight excluding hydrogens is 464 g/mol. The molecule has 0 radical (unpaired) electrons. The average Bonchev–Trinajstić information content (AvgIpc) is 3.51. The molecule has 3 aromatic heterocycles. The molecule has 9 nitrogen and oxygen atoms in total. The van der Waals surface area contributed by atoms with Gasteiger partial charge in [0.05, 0.1) is 28.1 Å². The summed E-state index contributed by atoms with van der Waals surface area (Å²) in [5.74, 6) is 1.02. The lowest BCUT2D eigenvalue weighted by molar-refractivity contribution is 0.100. The predicted molar refractivity (Wildman–Crippen MR) is 138 cm³/mol. The summed E-state index contributed by atoms with van der Waals surface area (Å²) in [6.07, 6.45) is 13.2. The quantitative estimate of drug-likeness (QED) is 0.575. The van der Waals surface area contributed by atoms with Crippen LogP contribution in [0.1, 0.15) is 58.4 Å². The fourth-order valence-corrected chi connectivity index (χ4v) is 6.04. The Bertz CT molecular complexity index is 1470. The lowest BCUT2D eigenvalue weighted by Gasteiger charge is -2.45. The molecule has 3 aliphatic rings. The predicted octanol–water partition coefficient (Wildman–Crippen LogP) is 3.62. The SMILES string of the molecule is N#Cc1ccc(N(c2c(C(N)=O)cnc3c2C=CC3)C2C[C@H]3CC[C@@H](C2)N3c2ccc(C#N)cn2)nc1. The van der Waals surface area contributed by atoms with Crippen LogP contribution in [0.2, 0.25) is 0 Å². The monoisotopic (exact) mass is 488 g/mol. The maximum Gasteiger partial charge on any atom is 0.252 e. The van der Waals surface area contributed by atoms with E-state index in [1.54, 1.807) is 24.7 Å². The molecule has 1 aliphatic carbocycles. The fourth-order valence-electron chi connectivity index (χ4n) is 6.04. The van der Waals surface area contributed by atoms with Gasteiger partial charge in [-0.15, -0.1) is 0 Å². The van der Waals surface area contributed by atoms with Crippen LogP contribution in [-0.4, -0.2) is 39.0 Å². The second-order valence-corrected chi connectivity index (χ2v) is 9.67. The van der Waals surface area contributed by atoms with Gasteiger partial charge in [-0.05, 0) is 49.9 Å². The van der Waals surface area contributed by atoms with Gasteiger partial charge in [0, 0.05) is 48.7 Å². The van der Waals surface area contributed by atoms with Crippen molar-refractivity contribution in [3.05, 3.63) is 76.9 Å². The molecule has 0 aromatic carbocycles. The first kappa shape index (κ1) is 22.7. The molecule has 2 fully saturated rings. The second kappa shape index (κ2) is 9.03. The number of allylic oxidation sites excluding steroid dienone is 1. The minimum absolute atomic E-state index is 0.0474. The van der Waals surface area contributed by atoms with Gasteiger partial charge in [0.25, 0.3) is 5.91 Å². The zero-order chi connectivity index (χ0) is 25.5. The maximum absolute atomic E-state index is 12.6. The summed E-state index contributed by atoms with van der Waals surface area (Å²) >= 11 is 0. The number of primary amides is 1. The van der Waals surface area contributed by atoms with Crippen LogP contribution in [0.5, 0.6) is 0 Å². The molecule has 0 spiro atoms. The Morgan fingerprint density at radius 3 is 2.27 bits per heavy atom. The van der Waals surface area contributed by atoms with E-state index in [4.69, 9.17) is 11.0 Å². The highest BCUT2D eigenvalue weighted by molar-refractivity contribution is 6.02. The normalized spacial score (nSPS) is 21.2. The van der Waals surface area contributed by atoms with Crippen LogP contribution in [0.15, 0.2) is 48.9 Å². The molecule has 1 unspecified atom stereocenters. The van der Waals surface area contributed by atoms with Crippen LogP contribution in [0.4, 0.5) is 17.3 Å². The first-order valence-corrected chi connectivity index (χ1v) is 12.4. The molecule has 3 atom stereocenters. The van der Waals surface area contributed by atoms with Crippen LogP contribution in [0.3, 0.4) is 0 Å². The highest BCUT2D eigenvalue weighted by Gasteiger charge is 2.44. The number of hydrogen-bond donors (Lipinski definition) is 1. The van der Waals surface area contributed by atoms with E-state index in [1.165, 1.54) is 0 Å². The summed E-state index contributed by atoms with van der Waals surface area (Å²) in [5.41, 5.74) is 9.77. The first-order chi connectivity index (χ1) is 18.1. The molecule has 9 heteroatoms. The van der Waals surface area contributed by atoms with E-state index in [2.05, 4.69) is 36.9 Å². The topological polar surface area (TPSA) is 136 Å². The van der Waals surface area contributed by atoms with Gasteiger partial charge in [-0.3, -0.25) is 9.78 Å². The third kappa shape index (κ3) is 3.85. The van der Waals surface area contributed by atoms with Crippen LogP contribution >= 0.6 is 0 Å². The van der Waals surface area contributed by atoms with Crippen molar-refractivity contribution >= 4 is 29.3 Å². The zero-order valence-corrected chi connectivity index (χ0v) is 20.1. The van der Waals surface area contributed by atoms with Crippen molar-refractivity contribution in [2.45, 2.75) is 50.2 Å². The van der Waals surface area contributed by atoms with E-state index in [9.17, 15) is 10.1 Å². The number of hydrogen-bond acceptors (Lipinski definition) is 8. The molecule has 1 amide bonds. The minimum Gasteiger partial charge on any atom is -0.365 e. The third-order valence-electron chi connectivity index (χ3n) is 7.61. The molecule has 2 bridgehead atoms. The highest BCUT2D eigenvalue weighted by atomic mass is 16.1. The van der Waals surface area contributed by atoms with Crippen LogP contribution in [0, 0.1) is 22.7 Å². The summed E-state index contributed by atoms with van der Waals surface area (Å²) in [6, 6.07) is 12.2. The van der Waals surface area contributed by atoms with Crippen molar-refractivity contribution in [1.29, 1.82) is 10.5 Å². The third-order valence-corrected chi connectivity index (χ3v) is 7.61. The van der Waals surface area contributed by atoms with Gasteiger partial charge in [0.1, 0.15) is 23.8 Å². The zero-order valence-electron chi connectivity index (χ0n) is 20.1. The van der Waals surface area contributed by atoms with Crippen LogP contribution < -0.4 is 15.5 Å². The van der Waals surface area contributed by atoms with Gasteiger partial charge in [0.2, 0.25) is 0 Å². The van der Waals surface area contributed by atoms with E-state index in [-0.39, 0.29) is 18.1 Å². The molecule has 2 aliphatic heterocycles. The van der Waals surface area contributed by atoms with Gasteiger partial charge in [-0.25, -0.2) is 9.97 Å². The Balaban J connectivity index is 1.43. The molecule has 2 N–H and O–H groups in total. The van der Waals surface area contributed by atoms with E-state index in [0.717, 1.165) is 48.4 Å². The lowest BCUT2D eigenvalue weighted by atomic mass is 9.93. The van der Waals surface area contributed by atoms with Crippen LogP contribution in [-0.2, 0) is 6.42 Å². The number of carbonyl (C=O) groups is 1. The van der Waals surface area contributed by atoms with Crippen molar-refractivity contribution in [2.75, 3.05) is 9.80 Å². The minimum atomic E-state index is -0.536. The largest absolute Gasteiger partial charge is 0.365 e. The number of aromatic nitrogens is 3. The smallest absolute Gasteiger partial charge is 0.252 e. The number of anilines is 3. The Labute approximate surface area is 214 Å². The summed E-state index contributed by atoms with van der Waals surface area (Å²) < 4.78 is 0. The highest BCUT2D eigenvalue weighted by Crippen LogP contribution is 2.45. The number of nitriles is 2. The van der Waals surface area contributed by atoms with E-state index >= 15 is 0 Å².